The van der Waals surface area contributed by atoms with E-state index in [1.54, 1.807) is 4.90 Å². The zero-order chi connectivity index (χ0) is 18.9. The second-order valence-corrected chi connectivity index (χ2v) is 6.97. The van der Waals surface area contributed by atoms with Gasteiger partial charge in [-0.05, 0) is 36.8 Å². The highest BCUT2D eigenvalue weighted by molar-refractivity contribution is 5.94. The molecule has 0 aliphatic carbocycles. The second-order valence-electron chi connectivity index (χ2n) is 6.97. The molecule has 2 aromatic rings. The molecule has 2 N–H and O–H groups in total. The lowest BCUT2D eigenvalue weighted by Gasteiger charge is -2.25. The van der Waals surface area contributed by atoms with E-state index in [1.807, 2.05) is 61.5 Å². The maximum atomic E-state index is 12.5. The first-order valence-corrected chi connectivity index (χ1v) is 8.97. The van der Waals surface area contributed by atoms with Crippen molar-refractivity contribution in [3.63, 3.8) is 0 Å². The van der Waals surface area contributed by atoms with Gasteiger partial charge in [0.05, 0.1) is 12.2 Å². The molecule has 2 aliphatic heterocycles. The predicted octanol–water partition coefficient (Wildman–Crippen LogP) is 2.04. The Balaban J connectivity index is 1.37. The van der Waals surface area contributed by atoms with Crippen LogP contribution >= 0.6 is 0 Å². The fourth-order valence-electron chi connectivity index (χ4n) is 3.47. The van der Waals surface area contributed by atoms with Gasteiger partial charge in [0.2, 0.25) is 0 Å². The van der Waals surface area contributed by atoms with E-state index in [9.17, 15) is 9.59 Å². The van der Waals surface area contributed by atoms with Crippen molar-refractivity contribution in [2.75, 3.05) is 24.7 Å². The fraction of sp³-hybridized carbons (Fsp3) is 0.300. The summed E-state index contributed by atoms with van der Waals surface area (Å²) in [6.07, 6.45) is 0.637. The average molecular weight is 366 g/mol. The van der Waals surface area contributed by atoms with Crippen molar-refractivity contribution < 1.29 is 14.3 Å². The number of hydrogen-bond donors (Lipinski definition) is 2. The van der Waals surface area contributed by atoms with Gasteiger partial charge in [0, 0.05) is 13.0 Å². The third-order valence-electron chi connectivity index (χ3n) is 4.86. The van der Waals surface area contributed by atoms with Crippen LogP contribution in [0.1, 0.15) is 12.0 Å². The number of anilines is 1. The molecule has 0 aromatic heterocycles. The summed E-state index contributed by atoms with van der Waals surface area (Å²) >= 11 is 0. The Labute approximate surface area is 157 Å². The van der Waals surface area contributed by atoms with Crippen LogP contribution in [0.2, 0.25) is 0 Å². The monoisotopic (exact) mass is 366 g/mol. The van der Waals surface area contributed by atoms with E-state index < -0.39 is 5.66 Å². The molecule has 0 bridgehead atoms. The van der Waals surface area contributed by atoms with Crippen LogP contribution in [0.15, 0.2) is 54.6 Å². The van der Waals surface area contributed by atoms with Crippen LogP contribution in [0.4, 0.5) is 10.5 Å². The number of nitrogens with one attached hydrogen (secondary N) is 2. The number of para-hydroxylation sites is 1. The molecular formula is C20H22N4O3. The van der Waals surface area contributed by atoms with Gasteiger partial charge in [-0.1, -0.05) is 30.3 Å². The molecule has 2 saturated heterocycles. The summed E-state index contributed by atoms with van der Waals surface area (Å²) in [7, 11) is 0. The van der Waals surface area contributed by atoms with E-state index in [-0.39, 0.29) is 18.5 Å². The summed E-state index contributed by atoms with van der Waals surface area (Å²) in [5, 5.41) is 4.48. The maximum Gasteiger partial charge on any atom is 0.338 e. The molecule has 3 amide bonds. The molecule has 0 saturated carbocycles. The van der Waals surface area contributed by atoms with Crippen molar-refractivity contribution in [2.24, 2.45) is 0 Å². The molecule has 2 heterocycles. The number of hydrazine groups is 1. The van der Waals surface area contributed by atoms with E-state index >= 15 is 0 Å². The minimum Gasteiger partial charge on any atom is -0.484 e. The van der Waals surface area contributed by atoms with Crippen molar-refractivity contribution >= 4 is 17.6 Å². The first-order valence-electron chi connectivity index (χ1n) is 8.97. The standard InChI is InChI=1S/C20H22N4O3/c1-15-6-5-9-17(12-15)27-13-18(25)23-11-10-20(14-23)21-19(26)24(22-20)16-7-3-2-4-8-16/h2-9,12,22H,10-11,13-14H2,1H3,(H,21,26). The molecule has 1 spiro atoms. The van der Waals surface area contributed by atoms with Gasteiger partial charge < -0.3 is 15.0 Å². The lowest BCUT2D eigenvalue weighted by atomic mass is 10.1. The molecule has 140 valence electrons. The average Bonchev–Trinajstić information content (AvgIpc) is 3.23. The SMILES string of the molecule is Cc1cccc(OCC(=O)N2CCC3(C2)NC(=O)N(c2ccccc2)N3)c1. The number of nitrogens with zero attached hydrogens (tertiary/aromatic N) is 2. The Morgan fingerprint density at radius 2 is 2.00 bits per heavy atom. The summed E-state index contributed by atoms with van der Waals surface area (Å²) in [5.74, 6) is 0.586. The molecule has 2 aliphatic rings. The zero-order valence-corrected chi connectivity index (χ0v) is 15.1. The van der Waals surface area contributed by atoms with Crippen molar-refractivity contribution in [1.29, 1.82) is 0 Å². The van der Waals surface area contributed by atoms with Crippen molar-refractivity contribution in [3.05, 3.63) is 60.2 Å². The highest BCUT2D eigenvalue weighted by Crippen LogP contribution is 2.26. The first kappa shape index (κ1) is 17.4. The number of urea groups is 1. The summed E-state index contributed by atoms with van der Waals surface area (Å²) in [5.41, 5.74) is 4.45. The minimum absolute atomic E-state index is 0.0180. The molecule has 7 heteroatoms. The van der Waals surface area contributed by atoms with Crippen molar-refractivity contribution in [2.45, 2.75) is 19.0 Å². The molecule has 1 atom stereocenters. The largest absolute Gasteiger partial charge is 0.484 e. The van der Waals surface area contributed by atoms with Crippen LogP contribution in [0, 0.1) is 6.92 Å². The quantitative estimate of drug-likeness (QED) is 0.868. The van der Waals surface area contributed by atoms with E-state index in [0.717, 1.165) is 11.3 Å². The number of hydrogen-bond acceptors (Lipinski definition) is 4. The van der Waals surface area contributed by atoms with Crippen LogP contribution in [-0.2, 0) is 4.79 Å². The Kier molecular flexibility index (Phi) is 4.45. The number of amides is 3. The highest BCUT2D eigenvalue weighted by Gasteiger charge is 2.48. The van der Waals surface area contributed by atoms with Crippen molar-refractivity contribution in [3.8, 4) is 5.75 Å². The number of carbonyl (C=O) groups is 2. The van der Waals surface area contributed by atoms with Crippen LogP contribution in [0.3, 0.4) is 0 Å². The molecule has 2 fully saturated rings. The molecule has 1 unspecified atom stereocenters. The first-order chi connectivity index (χ1) is 13.0. The smallest absolute Gasteiger partial charge is 0.338 e. The van der Waals surface area contributed by atoms with Gasteiger partial charge in [-0.3, -0.25) is 4.79 Å². The van der Waals surface area contributed by atoms with Gasteiger partial charge in [-0.15, -0.1) is 0 Å². The minimum atomic E-state index is -0.633. The van der Waals surface area contributed by atoms with Gasteiger partial charge in [0.15, 0.2) is 6.61 Å². The van der Waals surface area contributed by atoms with E-state index in [1.165, 1.54) is 5.01 Å². The molecular weight excluding hydrogens is 344 g/mol. The predicted molar refractivity (Wildman–Crippen MR) is 101 cm³/mol. The lowest BCUT2D eigenvalue weighted by molar-refractivity contribution is -0.132. The van der Waals surface area contributed by atoms with Crippen LogP contribution in [0.25, 0.3) is 0 Å². The molecule has 2 aromatic carbocycles. The van der Waals surface area contributed by atoms with Gasteiger partial charge in [-0.25, -0.2) is 9.80 Å². The van der Waals surface area contributed by atoms with Crippen LogP contribution in [0.5, 0.6) is 5.75 Å². The van der Waals surface area contributed by atoms with Gasteiger partial charge in [0.1, 0.15) is 11.4 Å². The highest BCUT2D eigenvalue weighted by atomic mass is 16.5. The normalized spacial score (nSPS) is 21.6. The zero-order valence-electron chi connectivity index (χ0n) is 15.1. The Hall–Kier alpha value is -3.06. The molecule has 0 radical (unpaired) electrons. The maximum absolute atomic E-state index is 12.5. The Bertz CT molecular complexity index is 857. The number of rotatable bonds is 4. The van der Waals surface area contributed by atoms with E-state index in [2.05, 4.69) is 10.7 Å². The summed E-state index contributed by atoms with van der Waals surface area (Å²) in [6.45, 7) is 2.92. The number of likely N-dealkylation sites (tertiary alicyclic amines) is 1. The summed E-state index contributed by atoms with van der Waals surface area (Å²) in [6, 6.07) is 16.8. The third-order valence-corrected chi connectivity index (χ3v) is 4.86. The van der Waals surface area contributed by atoms with Gasteiger partial charge in [0.25, 0.3) is 5.91 Å². The Morgan fingerprint density at radius 1 is 1.19 bits per heavy atom. The third kappa shape index (κ3) is 3.59. The van der Waals surface area contributed by atoms with Crippen molar-refractivity contribution in [1.82, 2.24) is 15.6 Å². The summed E-state index contributed by atoms with van der Waals surface area (Å²) in [4.78, 5) is 26.6. The van der Waals surface area contributed by atoms with Crippen LogP contribution in [-0.4, -0.2) is 42.2 Å². The fourth-order valence-corrected chi connectivity index (χ4v) is 3.47. The van der Waals surface area contributed by atoms with Gasteiger partial charge >= 0.3 is 6.03 Å². The number of ether oxygens (including phenoxy) is 1. The topological polar surface area (TPSA) is 73.9 Å². The Morgan fingerprint density at radius 3 is 2.78 bits per heavy atom. The molecule has 27 heavy (non-hydrogen) atoms. The molecule has 4 rings (SSSR count). The second kappa shape index (κ2) is 6.92. The van der Waals surface area contributed by atoms with E-state index in [4.69, 9.17) is 4.74 Å². The van der Waals surface area contributed by atoms with Gasteiger partial charge in [-0.2, -0.15) is 5.43 Å². The number of benzene rings is 2. The number of aryl methyl sites for hydroxylation is 1. The lowest BCUT2D eigenvalue weighted by Crippen LogP contribution is -2.54. The number of carbonyl (C=O) groups excluding carboxylic acids is 2. The molecule has 7 nitrogen and oxygen atoms in total. The summed E-state index contributed by atoms with van der Waals surface area (Å²) < 4.78 is 5.61. The van der Waals surface area contributed by atoms with Crippen LogP contribution < -0.4 is 20.5 Å². The van der Waals surface area contributed by atoms with E-state index in [0.29, 0.717) is 25.3 Å².